The van der Waals surface area contributed by atoms with Crippen LogP contribution in [0.4, 0.5) is 14.5 Å². The number of halogens is 2. The first-order valence-electron chi connectivity index (χ1n) is 7.73. The van der Waals surface area contributed by atoms with Crippen LogP contribution in [-0.2, 0) is 15.2 Å². The molecule has 0 saturated carbocycles. The summed E-state index contributed by atoms with van der Waals surface area (Å²) in [5, 5.41) is 18.7. The van der Waals surface area contributed by atoms with Gasteiger partial charge in [0.05, 0.1) is 18.5 Å². The predicted molar refractivity (Wildman–Crippen MR) is 94.0 cm³/mol. The average Bonchev–Trinajstić information content (AvgIpc) is 3.36. The highest BCUT2D eigenvalue weighted by atomic mass is 32.1. The van der Waals surface area contributed by atoms with E-state index in [1.165, 1.54) is 23.7 Å². The SMILES string of the molecule is O=C(NC[C@](O)(c1ccsc1)c1ccco1)C(=O)Nc1cc(F)ccc1F. The maximum absolute atomic E-state index is 13.6. The van der Waals surface area contributed by atoms with E-state index in [-0.39, 0.29) is 12.3 Å². The van der Waals surface area contributed by atoms with Crippen LogP contribution in [0.5, 0.6) is 0 Å². The number of nitrogens with one attached hydrogen (secondary N) is 2. The Bertz CT molecular complexity index is 908. The van der Waals surface area contributed by atoms with Gasteiger partial charge in [-0.15, -0.1) is 0 Å². The van der Waals surface area contributed by atoms with E-state index in [1.807, 2.05) is 5.32 Å². The fraction of sp³-hybridized carbons (Fsp3) is 0.111. The Morgan fingerprint density at radius 2 is 2.00 bits per heavy atom. The van der Waals surface area contributed by atoms with Gasteiger partial charge in [0, 0.05) is 11.6 Å². The molecule has 9 heteroatoms. The summed E-state index contributed by atoms with van der Waals surface area (Å²) in [5.41, 5.74) is -1.68. The third-order valence-corrected chi connectivity index (χ3v) is 4.50. The zero-order valence-electron chi connectivity index (χ0n) is 13.7. The van der Waals surface area contributed by atoms with Crippen molar-refractivity contribution in [1.29, 1.82) is 0 Å². The van der Waals surface area contributed by atoms with Crippen molar-refractivity contribution in [3.63, 3.8) is 0 Å². The van der Waals surface area contributed by atoms with Gasteiger partial charge < -0.3 is 20.2 Å². The summed E-state index contributed by atoms with van der Waals surface area (Å²) >= 11 is 1.34. The fourth-order valence-electron chi connectivity index (χ4n) is 2.41. The second-order valence-electron chi connectivity index (χ2n) is 5.61. The summed E-state index contributed by atoms with van der Waals surface area (Å²) in [6, 6.07) is 7.23. The van der Waals surface area contributed by atoms with E-state index in [9.17, 15) is 23.5 Å². The molecular weight excluding hydrogens is 378 g/mol. The van der Waals surface area contributed by atoms with Crippen LogP contribution in [0.25, 0.3) is 0 Å². The normalized spacial score (nSPS) is 13.0. The molecule has 0 saturated heterocycles. The summed E-state index contributed by atoms with van der Waals surface area (Å²) in [7, 11) is 0. The van der Waals surface area contributed by atoms with Crippen LogP contribution in [0.2, 0.25) is 0 Å². The second-order valence-corrected chi connectivity index (χ2v) is 6.39. The van der Waals surface area contributed by atoms with Gasteiger partial charge in [-0.3, -0.25) is 9.59 Å². The number of rotatable bonds is 5. The predicted octanol–water partition coefficient (Wildman–Crippen LogP) is 2.61. The Morgan fingerprint density at radius 3 is 2.67 bits per heavy atom. The molecule has 6 nitrogen and oxygen atoms in total. The third-order valence-electron chi connectivity index (χ3n) is 3.82. The maximum atomic E-state index is 13.6. The highest BCUT2D eigenvalue weighted by molar-refractivity contribution is 7.08. The van der Waals surface area contributed by atoms with Crippen molar-refractivity contribution in [2.75, 3.05) is 11.9 Å². The van der Waals surface area contributed by atoms with Gasteiger partial charge in [0.1, 0.15) is 17.4 Å². The summed E-state index contributed by atoms with van der Waals surface area (Å²) in [5.74, 6) is -3.80. The molecule has 0 radical (unpaired) electrons. The first kappa shape index (κ1) is 18.7. The number of thiophene rings is 1. The third kappa shape index (κ3) is 4.04. The van der Waals surface area contributed by atoms with Crippen LogP contribution >= 0.6 is 11.3 Å². The van der Waals surface area contributed by atoms with Crippen LogP contribution in [-0.4, -0.2) is 23.5 Å². The summed E-state index contributed by atoms with van der Waals surface area (Å²) in [6.45, 7) is -0.366. The second kappa shape index (κ2) is 7.68. The Morgan fingerprint density at radius 1 is 1.19 bits per heavy atom. The quantitative estimate of drug-likeness (QED) is 0.582. The van der Waals surface area contributed by atoms with Crippen molar-refractivity contribution in [3.05, 3.63) is 76.4 Å². The standard InChI is InChI=1S/C18H14F2N2O4S/c19-12-3-4-13(20)14(8-12)22-17(24)16(23)21-10-18(25,11-5-7-27-9-11)15-2-1-6-26-15/h1-9,25H,10H2,(H,21,23)(H,22,24)/t18-/m0/s1. The molecule has 27 heavy (non-hydrogen) atoms. The minimum Gasteiger partial charge on any atom is -0.466 e. The average molecular weight is 392 g/mol. The Labute approximate surface area is 156 Å². The Hall–Kier alpha value is -3.04. The van der Waals surface area contributed by atoms with Gasteiger partial charge in [-0.2, -0.15) is 11.3 Å². The Kier molecular flexibility index (Phi) is 5.33. The molecule has 2 aromatic heterocycles. The lowest BCUT2D eigenvalue weighted by Gasteiger charge is -2.25. The summed E-state index contributed by atoms with van der Waals surface area (Å²) in [6.07, 6.45) is 1.37. The first-order valence-corrected chi connectivity index (χ1v) is 8.68. The number of benzene rings is 1. The number of anilines is 1. The Balaban J connectivity index is 1.71. The number of hydrogen-bond acceptors (Lipinski definition) is 5. The molecule has 0 bridgehead atoms. The van der Waals surface area contributed by atoms with E-state index >= 15 is 0 Å². The lowest BCUT2D eigenvalue weighted by atomic mass is 9.93. The smallest absolute Gasteiger partial charge is 0.313 e. The van der Waals surface area contributed by atoms with Gasteiger partial charge in [0.15, 0.2) is 5.60 Å². The molecular formula is C18H14F2N2O4S. The number of aliphatic hydroxyl groups is 1. The number of carbonyl (C=O) groups excluding carboxylic acids is 2. The van der Waals surface area contributed by atoms with Crippen molar-refractivity contribution in [1.82, 2.24) is 5.32 Å². The van der Waals surface area contributed by atoms with E-state index in [4.69, 9.17) is 4.42 Å². The molecule has 3 rings (SSSR count). The van der Waals surface area contributed by atoms with Gasteiger partial charge in [-0.1, -0.05) is 0 Å². The maximum Gasteiger partial charge on any atom is 0.313 e. The molecule has 0 fully saturated rings. The van der Waals surface area contributed by atoms with E-state index in [0.717, 1.165) is 18.2 Å². The highest BCUT2D eigenvalue weighted by Crippen LogP contribution is 2.31. The van der Waals surface area contributed by atoms with Crippen molar-refractivity contribution in [3.8, 4) is 0 Å². The van der Waals surface area contributed by atoms with Gasteiger partial charge in [-0.05, 0) is 41.1 Å². The van der Waals surface area contributed by atoms with Crippen LogP contribution in [0.15, 0.2) is 57.8 Å². The number of hydrogen-bond donors (Lipinski definition) is 3. The number of amides is 2. The molecule has 1 atom stereocenters. The minimum absolute atomic E-state index is 0.179. The molecule has 3 aromatic rings. The minimum atomic E-state index is -1.69. The number of furan rings is 1. The van der Waals surface area contributed by atoms with E-state index in [1.54, 1.807) is 22.9 Å². The van der Waals surface area contributed by atoms with Gasteiger partial charge in [0.25, 0.3) is 0 Å². The molecule has 2 amide bonds. The van der Waals surface area contributed by atoms with Crippen LogP contribution in [0.3, 0.4) is 0 Å². The molecule has 0 aliphatic carbocycles. The topological polar surface area (TPSA) is 91.6 Å². The fourth-order valence-corrected chi connectivity index (χ4v) is 3.13. The van der Waals surface area contributed by atoms with E-state index in [2.05, 4.69) is 5.32 Å². The molecule has 0 aliphatic rings. The molecule has 1 aromatic carbocycles. The zero-order valence-corrected chi connectivity index (χ0v) is 14.6. The van der Waals surface area contributed by atoms with Crippen molar-refractivity contribution < 1.29 is 27.9 Å². The lowest BCUT2D eigenvalue weighted by Crippen LogP contribution is -2.45. The highest BCUT2D eigenvalue weighted by Gasteiger charge is 2.36. The van der Waals surface area contributed by atoms with E-state index in [0.29, 0.717) is 5.56 Å². The van der Waals surface area contributed by atoms with Crippen molar-refractivity contribution >= 4 is 28.8 Å². The van der Waals surface area contributed by atoms with Crippen molar-refractivity contribution in [2.24, 2.45) is 0 Å². The number of carbonyl (C=O) groups is 2. The molecule has 3 N–H and O–H groups in total. The molecule has 0 spiro atoms. The van der Waals surface area contributed by atoms with Crippen LogP contribution < -0.4 is 10.6 Å². The molecule has 0 unspecified atom stereocenters. The summed E-state index contributed by atoms with van der Waals surface area (Å²) in [4.78, 5) is 24.0. The molecule has 140 valence electrons. The van der Waals surface area contributed by atoms with Crippen molar-refractivity contribution in [2.45, 2.75) is 5.60 Å². The first-order chi connectivity index (χ1) is 12.9. The zero-order chi connectivity index (χ0) is 19.4. The van der Waals surface area contributed by atoms with Gasteiger partial charge >= 0.3 is 11.8 Å². The van der Waals surface area contributed by atoms with E-state index < -0.39 is 34.7 Å². The summed E-state index contributed by atoms with van der Waals surface area (Å²) < 4.78 is 32.0. The monoisotopic (exact) mass is 392 g/mol. The van der Waals surface area contributed by atoms with Gasteiger partial charge in [-0.25, -0.2) is 8.78 Å². The van der Waals surface area contributed by atoms with Crippen LogP contribution in [0.1, 0.15) is 11.3 Å². The molecule has 2 heterocycles. The largest absolute Gasteiger partial charge is 0.466 e. The lowest BCUT2D eigenvalue weighted by molar-refractivity contribution is -0.136. The van der Waals surface area contributed by atoms with Crippen LogP contribution in [0, 0.1) is 11.6 Å². The molecule has 0 aliphatic heterocycles. The van der Waals surface area contributed by atoms with Gasteiger partial charge in [0.2, 0.25) is 0 Å².